The molecule has 0 aromatic heterocycles. The Kier molecular flexibility index (Phi) is 4.94. The predicted octanol–water partition coefficient (Wildman–Crippen LogP) is 2.73. The minimum absolute atomic E-state index is 0.738. The van der Waals surface area contributed by atoms with Gasteiger partial charge in [-0.1, -0.05) is 19.3 Å². The van der Waals surface area contributed by atoms with Gasteiger partial charge in [0.25, 0.3) is 0 Å². The van der Waals surface area contributed by atoms with E-state index in [4.69, 9.17) is 4.74 Å². The highest BCUT2D eigenvalue weighted by atomic mass is 16.5. The topological polar surface area (TPSA) is 21.3 Å². The zero-order valence-electron chi connectivity index (χ0n) is 9.84. The van der Waals surface area contributed by atoms with E-state index in [0.29, 0.717) is 0 Å². The largest absolute Gasteiger partial charge is 0.381 e. The SMILES string of the molecule is C1CCC(CCOCC2CCCC2)NC1. The Balaban J connectivity index is 1.47. The van der Waals surface area contributed by atoms with E-state index in [1.165, 1.54) is 57.9 Å². The predicted molar refractivity (Wildman–Crippen MR) is 63.0 cm³/mol. The first-order chi connectivity index (χ1) is 7.45. The minimum atomic E-state index is 0.738. The highest BCUT2D eigenvalue weighted by molar-refractivity contribution is 4.72. The molecule has 1 N–H and O–H groups in total. The summed E-state index contributed by atoms with van der Waals surface area (Å²) in [5.74, 6) is 0.879. The van der Waals surface area contributed by atoms with Crippen LogP contribution in [0.2, 0.25) is 0 Å². The van der Waals surface area contributed by atoms with Gasteiger partial charge in [0.05, 0.1) is 0 Å². The summed E-state index contributed by atoms with van der Waals surface area (Å²) in [4.78, 5) is 0. The van der Waals surface area contributed by atoms with E-state index in [0.717, 1.165) is 25.2 Å². The van der Waals surface area contributed by atoms with Crippen LogP contribution in [0.5, 0.6) is 0 Å². The van der Waals surface area contributed by atoms with Gasteiger partial charge in [0.1, 0.15) is 0 Å². The van der Waals surface area contributed by atoms with Crippen molar-refractivity contribution in [3.05, 3.63) is 0 Å². The molecule has 0 radical (unpaired) electrons. The van der Waals surface area contributed by atoms with E-state index in [1.54, 1.807) is 0 Å². The summed E-state index contributed by atoms with van der Waals surface area (Å²) in [5, 5.41) is 3.57. The third-order valence-corrected chi connectivity index (χ3v) is 3.85. The molecule has 1 unspecified atom stereocenters. The molecule has 1 aliphatic carbocycles. The summed E-state index contributed by atoms with van der Waals surface area (Å²) in [6.45, 7) is 3.20. The number of piperidine rings is 1. The lowest BCUT2D eigenvalue weighted by atomic mass is 10.0. The van der Waals surface area contributed by atoms with E-state index in [9.17, 15) is 0 Å². The van der Waals surface area contributed by atoms with Crippen molar-refractivity contribution in [3.63, 3.8) is 0 Å². The molecule has 88 valence electrons. The first-order valence-corrected chi connectivity index (χ1v) is 6.76. The van der Waals surface area contributed by atoms with E-state index < -0.39 is 0 Å². The fourth-order valence-electron chi connectivity index (χ4n) is 2.82. The summed E-state index contributed by atoms with van der Waals surface area (Å²) >= 11 is 0. The maximum Gasteiger partial charge on any atom is 0.0494 e. The summed E-state index contributed by atoms with van der Waals surface area (Å²) in [5.41, 5.74) is 0. The van der Waals surface area contributed by atoms with E-state index in [1.807, 2.05) is 0 Å². The van der Waals surface area contributed by atoms with Crippen molar-refractivity contribution < 1.29 is 4.74 Å². The smallest absolute Gasteiger partial charge is 0.0494 e. The molecule has 1 atom stereocenters. The minimum Gasteiger partial charge on any atom is -0.381 e. The van der Waals surface area contributed by atoms with Crippen molar-refractivity contribution in [1.29, 1.82) is 0 Å². The molecule has 0 amide bonds. The quantitative estimate of drug-likeness (QED) is 0.706. The van der Waals surface area contributed by atoms with Crippen molar-refractivity contribution in [2.24, 2.45) is 5.92 Å². The second-order valence-electron chi connectivity index (χ2n) is 5.16. The van der Waals surface area contributed by atoms with Crippen LogP contribution >= 0.6 is 0 Å². The Labute approximate surface area is 93.8 Å². The van der Waals surface area contributed by atoms with Crippen LogP contribution in [0.4, 0.5) is 0 Å². The van der Waals surface area contributed by atoms with Crippen molar-refractivity contribution >= 4 is 0 Å². The Morgan fingerprint density at radius 3 is 2.53 bits per heavy atom. The van der Waals surface area contributed by atoms with Crippen LogP contribution in [-0.2, 0) is 4.74 Å². The lowest BCUT2D eigenvalue weighted by Gasteiger charge is -2.23. The molecule has 2 aliphatic rings. The van der Waals surface area contributed by atoms with Gasteiger partial charge in [-0.15, -0.1) is 0 Å². The molecule has 1 saturated carbocycles. The average molecular weight is 211 g/mol. The van der Waals surface area contributed by atoms with Crippen LogP contribution < -0.4 is 5.32 Å². The normalized spacial score (nSPS) is 28.4. The average Bonchev–Trinajstić information content (AvgIpc) is 2.79. The first-order valence-electron chi connectivity index (χ1n) is 6.76. The van der Waals surface area contributed by atoms with Crippen LogP contribution in [0.3, 0.4) is 0 Å². The Bertz CT molecular complexity index is 160. The van der Waals surface area contributed by atoms with Gasteiger partial charge in [-0.3, -0.25) is 0 Å². The third-order valence-electron chi connectivity index (χ3n) is 3.85. The van der Waals surface area contributed by atoms with Gasteiger partial charge in [0, 0.05) is 19.3 Å². The molecule has 2 rings (SSSR count). The van der Waals surface area contributed by atoms with Gasteiger partial charge in [0.15, 0.2) is 0 Å². The number of hydrogen-bond donors (Lipinski definition) is 1. The van der Waals surface area contributed by atoms with E-state index in [-0.39, 0.29) is 0 Å². The molecule has 2 heteroatoms. The standard InChI is InChI=1S/C13H25NO/c1-2-6-12(5-1)11-15-10-8-13-7-3-4-9-14-13/h12-14H,1-11H2. The van der Waals surface area contributed by atoms with E-state index >= 15 is 0 Å². The van der Waals surface area contributed by atoms with Crippen LogP contribution in [0, 0.1) is 5.92 Å². The molecule has 2 fully saturated rings. The van der Waals surface area contributed by atoms with Crippen LogP contribution in [0.25, 0.3) is 0 Å². The van der Waals surface area contributed by atoms with Gasteiger partial charge in [0.2, 0.25) is 0 Å². The monoisotopic (exact) mass is 211 g/mol. The van der Waals surface area contributed by atoms with Crippen LogP contribution in [0.15, 0.2) is 0 Å². The van der Waals surface area contributed by atoms with Gasteiger partial charge >= 0.3 is 0 Å². The molecule has 2 nitrogen and oxygen atoms in total. The number of rotatable bonds is 5. The Morgan fingerprint density at radius 2 is 1.80 bits per heavy atom. The zero-order valence-corrected chi connectivity index (χ0v) is 9.84. The molecule has 0 bridgehead atoms. The summed E-state index contributed by atoms with van der Waals surface area (Å²) in [6, 6.07) is 0.738. The van der Waals surface area contributed by atoms with Crippen molar-refractivity contribution in [3.8, 4) is 0 Å². The molecule has 1 heterocycles. The molecule has 0 aromatic carbocycles. The number of ether oxygens (including phenoxy) is 1. The first kappa shape index (κ1) is 11.4. The summed E-state index contributed by atoms with van der Waals surface area (Å²) in [7, 11) is 0. The Hall–Kier alpha value is -0.0800. The van der Waals surface area contributed by atoms with Crippen LogP contribution in [-0.4, -0.2) is 25.8 Å². The highest BCUT2D eigenvalue weighted by Crippen LogP contribution is 2.24. The van der Waals surface area contributed by atoms with Gasteiger partial charge in [-0.25, -0.2) is 0 Å². The van der Waals surface area contributed by atoms with Crippen molar-refractivity contribution in [2.45, 2.75) is 57.4 Å². The Morgan fingerprint density at radius 1 is 1.00 bits per heavy atom. The maximum absolute atomic E-state index is 5.78. The molecule has 15 heavy (non-hydrogen) atoms. The molecular weight excluding hydrogens is 186 g/mol. The van der Waals surface area contributed by atoms with Crippen molar-refractivity contribution in [1.82, 2.24) is 5.32 Å². The zero-order chi connectivity index (χ0) is 10.3. The highest BCUT2D eigenvalue weighted by Gasteiger charge is 2.15. The van der Waals surface area contributed by atoms with Crippen molar-refractivity contribution in [2.75, 3.05) is 19.8 Å². The molecule has 0 aromatic rings. The van der Waals surface area contributed by atoms with Gasteiger partial charge in [-0.2, -0.15) is 0 Å². The fraction of sp³-hybridized carbons (Fsp3) is 1.00. The molecule has 1 saturated heterocycles. The fourth-order valence-corrected chi connectivity index (χ4v) is 2.82. The summed E-state index contributed by atoms with van der Waals surface area (Å²) < 4.78 is 5.78. The van der Waals surface area contributed by atoms with Gasteiger partial charge < -0.3 is 10.1 Å². The summed E-state index contributed by atoms with van der Waals surface area (Å²) in [6.07, 6.45) is 11.0. The third kappa shape index (κ3) is 4.12. The lowest BCUT2D eigenvalue weighted by Crippen LogP contribution is -2.34. The second-order valence-corrected chi connectivity index (χ2v) is 5.16. The van der Waals surface area contributed by atoms with Crippen LogP contribution in [0.1, 0.15) is 51.4 Å². The number of hydrogen-bond acceptors (Lipinski definition) is 2. The maximum atomic E-state index is 5.78. The molecule has 0 spiro atoms. The van der Waals surface area contributed by atoms with E-state index in [2.05, 4.69) is 5.32 Å². The second kappa shape index (κ2) is 6.49. The molecule has 1 aliphatic heterocycles. The lowest BCUT2D eigenvalue weighted by molar-refractivity contribution is 0.0913. The number of nitrogens with one attached hydrogen (secondary N) is 1. The van der Waals surface area contributed by atoms with Gasteiger partial charge in [-0.05, 0) is 44.6 Å². The molecular formula is C13H25NO.